The third-order valence-corrected chi connectivity index (χ3v) is 4.27. The van der Waals surface area contributed by atoms with E-state index in [1.54, 1.807) is 11.9 Å². The average molecular weight is 292 g/mol. The molecule has 0 heterocycles. The van der Waals surface area contributed by atoms with Crippen molar-refractivity contribution in [2.45, 2.75) is 44.7 Å². The first-order valence-corrected chi connectivity index (χ1v) is 7.55. The predicted octanol–water partition coefficient (Wildman–Crippen LogP) is 2.09. The molecule has 1 fully saturated rings. The van der Waals surface area contributed by atoms with Crippen LogP contribution in [-0.4, -0.2) is 46.7 Å². The van der Waals surface area contributed by atoms with Gasteiger partial charge >= 0.3 is 0 Å². The van der Waals surface area contributed by atoms with Crippen molar-refractivity contribution in [3.8, 4) is 11.5 Å². The highest BCUT2D eigenvalue weighted by Gasteiger charge is 2.27. The number of amides is 1. The summed E-state index contributed by atoms with van der Waals surface area (Å²) in [5, 5.41) is 22.7. The molecule has 0 radical (unpaired) electrons. The van der Waals surface area contributed by atoms with Gasteiger partial charge in [-0.15, -0.1) is 0 Å². The SMILES string of the molecule is CCNC1CCC(N(C)C(=O)c2cc(O)ccc2O)CC1. The first-order valence-electron chi connectivity index (χ1n) is 7.55. The summed E-state index contributed by atoms with van der Waals surface area (Å²) in [6, 6.07) is 4.77. The minimum atomic E-state index is -0.240. The number of phenolic OH excluding ortho intramolecular Hbond substituents is 2. The Kier molecular flexibility index (Phi) is 5.07. The van der Waals surface area contributed by atoms with Gasteiger partial charge in [0.25, 0.3) is 5.91 Å². The number of nitrogens with one attached hydrogen (secondary N) is 1. The van der Waals surface area contributed by atoms with E-state index in [1.807, 2.05) is 0 Å². The minimum absolute atomic E-state index is 0.0135. The molecule has 0 aromatic heterocycles. The van der Waals surface area contributed by atoms with Crippen LogP contribution in [0, 0.1) is 0 Å². The summed E-state index contributed by atoms with van der Waals surface area (Å²) in [4.78, 5) is 14.2. The number of phenols is 2. The van der Waals surface area contributed by atoms with Crippen LogP contribution in [0.3, 0.4) is 0 Å². The Balaban J connectivity index is 2.01. The van der Waals surface area contributed by atoms with Gasteiger partial charge in [0.15, 0.2) is 0 Å². The minimum Gasteiger partial charge on any atom is -0.508 e. The zero-order valence-electron chi connectivity index (χ0n) is 12.7. The molecule has 0 saturated heterocycles. The van der Waals surface area contributed by atoms with E-state index in [4.69, 9.17) is 0 Å². The van der Waals surface area contributed by atoms with Crippen LogP contribution >= 0.6 is 0 Å². The maximum atomic E-state index is 12.5. The van der Waals surface area contributed by atoms with E-state index in [2.05, 4.69) is 12.2 Å². The lowest BCUT2D eigenvalue weighted by atomic mass is 9.90. The van der Waals surface area contributed by atoms with E-state index in [0.717, 1.165) is 32.2 Å². The standard InChI is InChI=1S/C16H24N2O3/c1-3-17-11-4-6-12(7-5-11)18(2)16(21)14-10-13(19)8-9-15(14)20/h8-12,17,19-20H,3-7H2,1-2H3. The molecule has 5 nitrogen and oxygen atoms in total. The number of rotatable bonds is 4. The second-order valence-corrected chi connectivity index (χ2v) is 5.68. The molecule has 0 bridgehead atoms. The summed E-state index contributed by atoms with van der Waals surface area (Å²) in [5.41, 5.74) is 0.159. The van der Waals surface area contributed by atoms with Gasteiger partial charge in [0, 0.05) is 19.1 Å². The average Bonchev–Trinajstić information content (AvgIpc) is 2.49. The summed E-state index contributed by atoms with van der Waals surface area (Å²) >= 11 is 0. The Morgan fingerprint density at radius 2 is 1.95 bits per heavy atom. The van der Waals surface area contributed by atoms with Gasteiger partial charge in [-0.25, -0.2) is 0 Å². The molecule has 1 amide bonds. The van der Waals surface area contributed by atoms with Gasteiger partial charge in [-0.05, 0) is 50.4 Å². The summed E-state index contributed by atoms with van der Waals surface area (Å²) < 4.78 is 0. The van der Waals surface area contributed by atoms with Crippen LogP contribution < -0.4 is 5.32 Å². The maximum Gasteiger partial charge on any atom is 0.257 e. The molecule has 0 atom stereocenters. The predicted molar refractivity (Wildman–Crippen MR) is 81.6 cm³/mol. The van der Waals surface area contributed by atoms with Gasteiger partial charge in [0.05, 0.1) is 5.56 Å². The van der Waals surface area contributed by atoms with Gasteiger partial charge < -0.3 is 20.4 Å². The van der Waals surface area contributed by atoms with Crippen LogP contribution in [0.15, 0.2) is 18.2 Å². The van der Waals surface area contributed by atoms with Crippen LogP contribution in [0.1, 0.15) is 43.0 Å². The maximum absolute atomic E-state index is 12.5. The fourth-order valence-corrected chi connectivity index (χ4v) is 3.01. The van der Waals surface area contributed by atoms with Gasteiger partial charge in [0.1, 0.15) is 11.5 Å². The van der Waals surface area contributed by atoms with Gasteiger partial charge in [-0.1, -0.05) is 6.92 Å². The van der Waals surface area contributed by atoms with Crippen molar-refractivity contribution in [2.75, 3.05) is 13.6 Å². The molecule has 21 heavy (non-hydrogen) atoms. The molecule has 0 aliphatic heterocycles. The zero-order chi connectivity index (χ0) is 15.4. The van der Waals surface area contributed by atoms with Crippen LogP contribution in [0.4, 0.5) is 0 Å². The number of aromatic hydroxyl groups is 2. The van der Waals surface area contributed by atoms with E-state index in [-0.39, 0.29) is 29.0 Å². The third-order valence-electron chi connectivity index (χ3n) is 4.27. The topological polar surface area (TPSA) is 72.8 Å². The molecule has 1 aliphatic rings. The van der Waals surface area contributed by atoms with E-state index >= 15 is 0 Å². The van der Waals surface area contributed by atoms with Gasteiger partial charge in [-0.3, -0.25) is 4.79 Å². The summed E-state index contributed by atoms with van der Waals surface area (Å²) in [7, 11) is 1.77. The molecule has 1 saturated carbocycles. The van der Waals surface area contributed by atoms with Crippen molar-refractivity contribution in [3.05, 3.63) is 23.8 Å². The van der Waals surface area contributed by atoms with Crippen LogP contribution in [-0.2, 0) is 0 Å². The molecule has 116 valence electrons. The molecule has 1 aliphatic carbocycles. The molecular formula is C16H24N2O3. The lowest BCUT2D eigenvalue weighted by molar-refractivity contribution is 0.0681. The normalized spacial score (nSPS) is 22.0. The second-order valence-electron chi connectivity index (χ2n) is 5.68. The molecule has 0 unspecified atom stereocenters. The lowest BCUT2D eigenvalue weighted by Gasteiger charge is -2.35. The molecule has 0 spiro atoms. The van der Waals surface area contributed by atoms with Crippen molar-refractivity contribution in [2.24, 2.45) is 0 Å². The molecule has 1 aromatic rings. The van der Waals surface area contributed by atoms with Crippen LogP contribution in [0.5, 0.6) is 11.5 Å². The highest BCUT2D eigenvalue weighted by molar-refractivity contribution is 5.97. The number of nitrogens with zero attached hydrogens (tertiary/aromatic N) is 1. The largest absolute Gasteiger partial charge is 0.508 e. The molecule has 5 heteroatoms. The number of hydrogen-bond donors (Lipinski definition) is 3. The molecule has 2 rings (SSSR count). The van der Waals surface area contributed by atoms with Crippen molar-refractivity contribution < 1.29 is 15.0 Å². The van der Waals surface area contributed by atoms with Crippen molar-refractivity contribution in [1.82, 2.24) is 10.2 Å². The first kappa shape index (κ1) is 15.6. The van der Waals surface area contributed by atoms with Gasteiger partial charge in [0.2, 0.25) is 0 Å². The number of benzene rings is 1. The van der Waals surface area contributed by atoms with E-state index in [9.17, 15) is 15.0 Å². The van der Waals surface area contributed by atoms with E-state index < -0.39 is 0 Å². The van der Waals surface area contributed by atoms with Crippen molar-refractivity contribution in [3.63, 3.8) is 0 Å². The van der Waals surface area contributed by atoms with Crippen molar-refractivity contribution >= 4 is 5.91 Å². The summed E-state index contributed by atoms with van der Waals surface area (Å²) in [6.07, 6.45) is 4.03. The Labute approximate surface area is 125 Å². The molecule has 3 N–H and O–H groups in total. The highest BCUT2D eigenvalue weighted by atomic mass is 16.3. The summed E-state index contributed by atoms with van der Waals surface area (Å²) in [6.45, 7) is 3.08. The van der Waals surface area contributed by atoms with Crippen LogP contribution in [0.25, 0.3) is 0 Å². The Bertz CT molecular complexity index is 496. The van der Waals surface area contributed by atoms with E-state index in [0.29, 0.717) is 6.04 Å². The monoisotopic (exact) mass is 292 g/mol. The fraction of sp³-hybridized carbons (Fsp3) is 0.562. The zero-order valence-corrected chi connectivity index (χ0v) is 12.7. The third kappa shape index (κ3) is 3.67. The smallest absolute Gasteiger partial charge is 0.257 e. The van der Waals surface area contributed by atoms with E-state index in [1.165, 1.54) is 18.2 Å². The quantitative estimate of drug-likeness (QED) is 0.743. The molecular weight excluding hydrogens is 268 g/mol. The fourth-order valence-electron chi connectivity index (χ4n) is 3.01. The summed E-state index contributed by atoms with van der Waals surface area (Å²) in [5.74, 6) is -0.346. The highest BCUT2D eigenvalue weighted by Crippen LogP contribution is 2.27. The van der Waals surface area contributed by atoms with Crippen molar-refractivity contribution in [1.29, 1.82) is 0 Å². The Morgan fingerprint density at radius 1 is 1.29 bits per heavy atom. The second kappa shape index (κ2) is 6.80. The van der Waals surface area contributed by atoms with Gasteiger partial charge in [-0.2, -0.15) is 0 Å². The Hall–Kier alpha value is -1.75. The number of carbonyl (C=O) groups excluding carboxylic acids is 1. The molecule has 1 aromatic carbocycles. The lowest BCUT2D eigenvalue weighted by Crippen LogP contribution is -2.43. The van der Waals surface area contributed by atoms with Crippen LogP contribution in [0.2, 0.25) is 0 Å². The number of carbonyl (C=O) groups is 1. The first-order chi connectivity index (χ1) is 10.0. The Morgan fingerprint density at radius 3 is 2.57 bits per heavy atom. The number of hydrogen-bond acceptors (Lipinski definition) is 4.